The van der Waals surface area contributed by atoms with Crippen molar-refractivity contribution in [3.8, 4) is 0 Å². The van der Waals surface area contributed by atoms with Crippen LogP contribution in [0.4, 0.5) is 0 Å². The fourth-order valence-electron chi connectivity index (χ4n) is 3.34. The summed E-state index contributed by atoms with van der Waals surface area (Å²) in [5, 5.41) is 1.24. The monoisotopic (exact) mass is 241 g/mol. The highest BCUT2D eigenvalue weighted by Gasteiger charge is 2.32. The van der Waals surface area contributed by atoms with Crippen molar-refractivity contribution in [2.75, 3.05) is 0 Å². The van der Waals surface area contributed by atoms with Crippen molar-refractivity contribution in [1.29, 1.82) is 0 Å². The van der Waals surface area contributed by atoms with Gasteiger partial charge in [0.1, 0.15) is 5.78 Å². The van der Waals surface area contributed by atoms with Crippen LogP contribution in [0.25, 0.3) is 10.9 Å². The molecule has 1 heterocycles. The number of nitrogens with zero attached hydrogens (tertiary/aromatic N) is 1. The van der Waals surface area contributed by atoms with E-state index >= 15 is 0 Å². The second-order valence-corrected chi connectivity index (χ2v) is 5.53. The molecule has 1 aromatic carbocycles. The van der Waals surface area contributed by atoms with Gasteiger partial charge in [-0.1, -0.05) is 25.1 Å². The second-order valence-electron chi connectivity index (χ2n) is 5.53. The summed E-state index contributed by atoms with van der Waals surface area (Å²) in [6.07, 6.45) is 5.12. The zero-order chi connectivity index (χ0) is 12.7. The summed E-state index contributed by atoms with van der Waals surface area (Å²) >= 11 is 0. The number of hydrogen-bond donors (Lipinski definition) is 0. The van der Waals surface area contributed by atoms with Crippen LogP contribution >= 0.6 is 0 Å². The van der Waals surface area contributed by atoms with E-state index in [2.05, 4.69) is 49.0 Å². The first-order chi connectivity index (χ1) is 8.68. The molecule has 0 saturated heterocycles. The predicted octanol–water partition coefficient (Wildman–Crippen LogP) is 3.65. The molecule has 2 atom stereocenters. The minimum absolute atomic E-state index is 0.102. The van der Waals surface area contributed by atoms with E-state index in [1.165, 1.54) is 22.9 Å². The van der Waals surface area contributed by atoms with Crippen molar-refractivity contribution in [2.24, 2.45) is 13.0 Å². The number of carbonyl (C=O) groups excluding carboxylic acids is 1. The molecule has 0 radical (unpaired) electrons. The summed E-state index contributed by atoms with van der Waals surface area (Å²) in [7, 11) is 2.06. The van der Waals surface area contributed by atoms with E-state index in [0.717, 1.165) is 12.8 Å². The van der Waals surface area contributed by atoms with Gasteiger partial charge in [-0.05, 0) is 30.4 Å². The molecular weight excluding hydrogens is 222 g/mol. The van der Waals surface area contributed by atoms with Crippen LogP contribution in [-0.4, -0.2) is 10.4 Å². The highest BCUT2D eigenvalue weighted by molar-refractivity contribution is 5.94. The molecule has 0 bridgehead atoms. The van der Waals surface area contributed by atoms with Crippen LogP contribution < -0.4 is 0 Å². The predicted molar refractivity (Wildman–Crippen MR) is 73.7 cm³/mol. The minimum atomic E-state index is 0.102. The molecule has 1 aromatic heterocycles. The third-order valence-electron chi connectivity index (χ3n) is 4.26. The van der Waals surface area contributed by atoms with Crippen molar-refractivity contribution >= 4 is 16.7 Å². The number of carbonyl (C=O) groups is 1. The van der Waals surface area contributed by atoms with E-state index in [1.807, 2.05) is 0 Å². The van der Waals surface area contributed by atoms with Crippen LogP contribution in [0.5, 0.6) is 0 Å². The molecule has 0 aliphatic heterocycles. The lowest BCUT2D eigenvalue weighted by atomic mass is 9.75. The maximum absolute atomic E-state index is 12.2. The number of ketones is 1. The number of rotatable bonds is 1. The quantitative estimate of drug-likeness (QED) is 0.747. The third kappa shape index (κ3) is 1.67. The van der Waals surface area contributed by atoms with Gasteiger partial charge in [0.2, 0.25) is 0 Å². The van der Waals surface area contributed by atoms with Crippen LogP contribution in [0.1, 0.15) is 37.7 Å². The van der Waals surface area contributed by atoms with E-state index in [0.29, 0.717) is 11.7 Å². The molecule has 2 nitrogen and oxygen atoms in total. The van der Waals surface area contributed by atoms with Crippen molar-refractivity contribution in [3.05, 3.63) is 36.0 Å². The summed E-state index contributed by atoms with van der Waals surface area (Å²) in [6.45, 7) is 2.21. The lowest BCUT2D eigenvalue weighted by Crippen LogP contribution is -2.24. The maximum atomic E-state index is 12.2. The van der Waals surface area contributed by atoms with Crippen LogP contribution in [-0.2, 0) is 11.8 Å². The van der Waals surface area contributed by atoms with Gasteiger partial charge in [0, 0.05) is 36.5 Å². The van der Waals surface area contributed by atoms with Gasteiger partial charge in [0.15, 0.2) is 0 Å². The Balaban J connectivity index is 2.16. The van der Waals surface area contributed by atoms with E-state index < -0.39 is 0 Å². The fourth-order valence-corrected chi connectivity index (χ4v) is 3.34. The van der Waals surface area contributed by atoms with Crippen molar-refractivity contribution in [1.82, 2.24) is 4.57 Å². The summed E-state index contributed by atoms with van der Waals surface area (Å²) in [6, 6.07) is 8.37. The average molecular weight is 241 g/mol. The number of fused-ring (bicyclic) bond motifs is 1. The summed E-state index contributed by atoms with van der Waals surface area (Å²) in [5.74, 6) is 0.993. The Kier molecular flexibility index (Phi) is 2.73. The number of aromatic nitrogens is 1. The Hall–Kier alpha value is -1.57. The highest BCUT2D eigenvalue weighted by Crippen LogP contribution is 2.38. The molecule has 0 amide bonds. The Morgan fingerprint density at radius 2 is 2.06 bits per heavy atom. The summed E-state index contributed by atoms with van der Waals surface area (Å²) in [4.78, 5) is 12.2. The van der Waals surface area contributed by atoms with Crippen molar-refractivity contribution in [3.63, 3.8) is 0 Å². The summed E-state index contributed by atoms with van der Waals surface area (Å²) in [5.41, 5.74) is 2.45. The molecule has 0 N–H and O–H groups in total. The van der Waals surface area contributed by atoms with Gasteiger partial charge >= 0.3 is 0 Å². The van der Waals surface area contributed by atoms with Gasteiger partial charge in [-0.2, -0.15) is 0 Å². The average Bonchev–Trinajstić information content (AvgIpc) is 2.68. The zero-order valence-corrected chi connectivity index (χ0v) is 11.0. The van der Waals surface area contributed by atoms with Gasteiger partial charge in [0.05, 0.1) is 0 Å². The maximum Gasteiger partial charge on any atom is 0.140 e. The second kappa shape index (κ2) is 4.27. The van der Waals surface area contributed by atoms with Crippen molar-refractivity contribution < 1.29 is 4.79 Å². The molecule has 1 aliphatic rings. The molecule has 1 aliphatic carbocycles. The van der Waals surface area contributed by atoms with Gasteiger partial charge in [0.25, 0.3) is 0 Å². The smallest absolute Gasteiger partial charge is 0.140 e. The Morgan fingerprint density at radius 1 is 1.28 bits per heavy atom. The van der Waals surface area contributed by atoms with E-state index in [1.54, 1.807) is 0 Å². The zero-order valence-electron chi connectivity index (χ0n) is 11.0. The van der Waals surface area contributed by atoms with Crippen molar-refractivity contribution in [2.45, 2.75) is 32.1 Å². The van der Waals surface area contributed by atoms with Crippen LogP contribution in [0.15, 0.2) is 30.5 Å². The van der Waals surface area contributed by atoms with Crippen LogP contribution in [0.3, 0.4) is 0 Å². The lowest BCUT2D eigenvalue weighted by Gasteiger charge is -2.27. The van der Waals surface area contributed by atoms with Crippen LogP contribution in [0.2, 0.25) is 0 Å². The molecule has 18 heavy (non-hydrogen) atoms. The number of hydrogen-bond acceptors (Lipinski definition) is 1. The first-order valence-corrected chi connectivity index (χ1v) is 6.75. The van der Waals surface area contributed by atoms with E-state index in [9.17, 15) is 4.79 Å². The Bertz CT molecular complexity index is 596. The number of aryl methyl sites for hydroxylation is 1. The SMILES string of the molecule is C[C@H]1CCCC(=O)[C@H]1c1cn(C)c2ccccc12. The molecule has 1 fully saturated rings. The lowest BCUT2D eigenvalue weighted by molar-refractivity contribution is -0.123. The molecule has 0 spiro atoms. The fraction of sp³-hybridized carbons (Fsp3) is 0.438. The topological polar surface area (TPSA) is 22.0 Å². The molecule has 0 unspecified atom stereocenters. The van der Waals surface area contributed by atoms with Gasteiger partial charge in [-0.25, -0.2) is 0 Å². The third-order valence-corrected chi connectivity index (χ3v) is 4.26. The standard InChI is InChI=1S/C16H19NO/c1-11-6-5-9-15(18)16(11)13-10-17(2)14-8-4-3-7-12(13)14/h3-4,7-8,10-11,16H,5-6,9H2,1-2H3/t11-,16+/m0/s1. The molecule has 2 aromatic rings. The largest absolute Gasteiger partial charge is 0.350 e. The number of benzene rings is 1. The number of Topliss-reactive ketones (excluding diaryl/α,β-unsaturated/α-hetero) is 1. The van der Waals surface area contributed by atoms with Gasteiger partial charge < -0.3 is 4.57 Å². The first-order valence-electron chi connectivity index (χ1n) is 6.75. The van der Waals surface area contributed by atoms with E-state index in [4.69, 9.17) is 0 Å². The summed E-state index contributed by atoms with van der Waals surface area (Å²) < 4.78 is 2.14. The molecule has 1 saturated carbocycles. The number of para-hydroxylation sites is 1. The van der Waals surface area contributed by atoms with Gasteiger partial charge in [-0.3, -0.25) is 4.79 Å². The molecule has 2 heteroatoms. The Labute approximate surface area is 108 Å². The normalized spacial score (nSPS) is 24.7. The molecule has 3 rings (SSSR count). The van der Waals surface area contributed by atoms with Crippen LogP contribution in [0, 0.1) is 5.92 Å². The molecular formula is C16H19NO. The molecule has 94 valence electrons. The highest BCUT2D eigenvalue weighted by atomic mass is 16.1. The minimum Gasteiger partial charge on any atom is -0.350 e. The van der Waals surface area contributed by atoms with E-state index in [-0.39, 0.29) is 5.92 Å². The van der Waals surface area contributed by atoms with Gasteiger partial charge in [-0.15, -0.1) is 0 Å². The Morgan fingerprint density at radius 3 is 2.83 bits per heavy atom. The first kappa shape index (κ1) is 11.5.